The highest BCUT2D eigenvalue weighted by atomic mass is 35.5. The van der Waals surface area contributed by atoms with Gasteiger partial charge in [0.1, 0.15) is 11.3 Å². The van der Waals surface area contributed by atoms with Crippen molar-refractivity contribution in [2.24, 2.45) is 11.3 Å². The summed E-state index contributed by atoms with van der Waals surface area (Å²) in [6.07, 6.45) is 8.10. The molecule has 1 N–H and O–H groups in total. The monoisotopic (exact) mass is 489 g/mol. The molecule has 1 atom stereocenters. The number of benzene rings is 1. The number of carbonyl (C=O) groups excluding carboxylic acids is 2. The van der Waals surface area contributed by atoms with Gasteiger partial charge >= 0.3 is 0 Å². The largest absolute Gasteiger partial charge is 0.495 e. The molecule has 0 bridgehead atoms. The van der Waals surface area contributed by atoms with Crippen molar-refractivity contribution in [1.82, 2.24) is 9.80 Å². The third-order valence-corrected chi connectivity index (χ3v) is 8.96. The first-order chi connectivity index (χ1) is 16.5. The number of amides is 2. The van der Waals surface area contributed by atoms with E-state index >= 15 is 0 Å². The lowest BCUT2D eigenvalue weighted by atomic mass is 9.78. The van der Waals surface area contributed by atoms with Gasteiger partial charge < -0.3 is 19.7 Å². The highest BCUT2D eigenvalue weighted by Gasteiger charge is 2.59. The molecule has 2 amide bonds. The molecule has 2 heterocycles. The number of nitrogens with zero attached hydrogens (tertiary/aromatic N) is 2. The van der Waals surface area contributed by atoms with E-state index in [1.54, 1.807) is 19.2 Å². The Labute approximate surface area is 207 Å². The molecule has 4 fully saturated rings. The normalized spacial score (nSPS) is 26.2. The van der Waals surface area contributed by atoms with Gasteiger partial charge in [0.25, 0.3) is 0 Å². The summed E-state index contributed by atoms with van der Waals surface area (Å²) in [7, 11) is 1.57. The van der Waals surface area contributed by atoms with E-state index in [1.165, 1.54) is 6.42 Å². The molecule has 2 aliphatic carbocycles. The number of hydrogen-bond donors (Lipinski definition) is 1. The van der Waals surface area contributed by atoms with Gasteiger partial charge in [0.15, 0.2) is 0 Å². The van der Waals surface area contributed by atoms with Gasteiger partial charge in [-0.3, -0.25) is 14.5 Å². The first kappa shape index (κ1) is 23.9. The molecule has 1 unspecified atom stereocenters. The predicted octanol–water partition coefficient (Wildman–Crippen LogP) is 3.95. The molecule has 1 aromatic carbocycles. The zero-order chi connectivity index (χ0) is 23.8. The number of morpholine rings is 1. The average molecular weight is 490 g/mol. The summed E-state index contributed by atoms with van der Waals surface area (Å²) in [5, 5.41) is 3.51. The van der Waals surface area contributed by atoms with Crippen molar-refractivity contribution in [2.45, 2.75) is 56.9 Å². The highest BCUT2D eigenvalue weighted by molar-refractivity contribution is 6.32. The lowest BCUT2D eigenvalue weighted by Crippen LogP contribution is -2.63. The van der Waals surface area contributed by atoms with Crippen LogP contribution in [0.4, 0.5) is 5.69 Å². The molecular formula is C26H36ClN3O4. The molecule has 34 heavy (non-hydrogen) atoms. The highest BCUT2D eigenvalue weighted by Crippen LogP contribution is 2.60. The number of hydrogen-bond acceptors (Lipinski definition) is 5. The standard InChI is InChI=1S/C26H36ClN3O4/c1-33-22-6-5-19(17-21(22)27)28-23(31)20-18-25(20)9-11-29(12-10-25)24(32)26(7-3-2-4-8-26)30-13-15-34-16-14-30/h5-6,17,20H,2-4,7-16,18H2,1H3,(H,28,31). The smallest absolute Gasteiger partial charge is 0.243 e. The van der Waals surface area contributed by atoms with E-state index in [4.69, 9.17) is 21.1 Å². The second kappa shape index (κ2) is 9.67. The SMILES string of the molecule is COc1ccc(NC(=O)C2CC23CCN(C(=O)C2(N4CCOCC4)CCCCC2)CC3)cc1Cl. The average Bonchev–Trinajstić information content (AvgIpc) is 3.58. The van der Waals surface area contributed by atoms with Crippen molar-refractivity contribution < 1.29 is 19.1 Å². The Morgan fingerprint density at radius 3 is 2.41 bits per heavy atom. The van der Waals surface area contributed by atoms with E-state index in [1.807, 2.05) is 6.07 Å². The fraction of sp³-hybridized carbons (Fsp3) is 0.692. The minimum atomic E-state index is -0.347. The van der Waals surface area contributed by atoms with E-state index in [2.05, 4.69) is 15.1 Å². The number of halogens is 1. The first-order valence-corrected chi connectivity index (χ1v) is 13.1. The summed E-state index contributed by atoms with van der Waals surface area (Å²) in [5.41, 5.74) is 0.381. The lowest BCUT2D eigenvalue weighted by Gasteiger charge is -2.49. The number of nitrogens with one attached hydrogen (secondary N) is 1. The van der Waals surface area contributed by atoms with Gasteiger partial charge in [-0.2, -0.15) is 0 Å². The summed E-state index contributed by atoms with van der Waals surface area (Å²) in [6, 6.07) is 5.30. The number of ether oxygens (including phenoxy) is 2. The van der Waals surface area contributed by atoms with E-state index in [0.29, 0.717) is 35.6 Å². The Bertz CT molecular complexity index is 919. The maximum atomic E-state index is 13.9. The number of likely N-dealkylation sites (tertiary alicyclic amines) is 1. The molecular weight excluding hydrogens is 454 g/mol. The van der Waals surface area contributed by atoms with Gasteiger partial charge in [-0.25, -0.2) is 0 Å². The van der Waals surface area contributed by atoms with Crippen molar-refractivity contribution in [3.8, 4) is 5.75 Å². The van der Waals surface area contributed by atoms with Gasteiger partial charge in [0.05, 0.1) is 25.3 Å². The summed E-state index contributed by atoms with van der Waals surface area (Å²) in [5.74, 6) is 0.970. The number of piperidine rings is 1. The number of anilines is 1. The number of rotatable bonds is 5. The van der Waals surface area contributed by atoms with Crippen LogP contribution in [-0.2, 0) is 14.3 Å². The molecule has 8 heteroatoms. The van der Waals surface area contributed by atoms with Crippen molar-refractivity contribution >= 4 is 29.1 Å². The molecule has 0 aromatic heterocycles. The third-order valence-electron chi connectivity index (χ3n) is 8.67. The minimum Gasteiger partial charge on any atom is -0.495 e. The van der Waals surface area contributed by atoms with Crippen molar-refractivity contribution in [1.29, 1.82) is 0 Å². The quantitative estimate of drug-likeness (QED) is 0.678. The summed E-state index contributed by atoms with van der Waals surface area (Å²) in [6.45, 7) is 4.64. The molecule has 2 saturated carbocycles. The summed E-state index contributed by atoms with van der Waals surface area (Å²) in [4.78, 5) is 31.3. The van der Waals surface area contributed by atoms with Crippen molar-refractivity contribution in [3.05, 3.63) is 23.2 Å². The third kappa shape index (κ3) is 4.42. The van der Waals surface area contributed by atoms with Gasteiger partial charge in [-0.15, -0.1) is 0 Å². The van der Waals surface area contributed by atoms with Crippen LogP contribution < -0.4 is 10.1 Å². The zero-order valence-electron chi connectivity index (χ0n) is 20.1. The molecule has 5 rings (SSSR count). The van der Waals surface area contributed by atoms with Crippen LogP contribution in [0.2, 0.25) is 5.02 Å². The van der Waals surface area contributed by atoms with Crippen LogP contribution in [0.25, 0.3) is 0 Å². The minimum absolute atomic E-state index is 0.00788. The van der Waals surface area contributed by atoms with Gasteiger partial charge in [-0.05, 0) is 55.7 Å². The Kier molecular flexibility index (Phi) is 6.79. The molecule has 4 aliphatic rings. The van der Waals surface area contributed by atoms with Crippen molar-refractivity contribution in [3.63, 3.8) is 0 Å². The topological polar surface area (TPSA) is 71.1 Å². The van der Waals surface area contributed by atoms with E-state index in [0.717, 1.165) is 71.1 Å². The van der Waals surface area contributed by atoms with Crippen LogP contribution >= 0.6 is 11.6 Å². The molecule has 2 aliphatic heterocycles. The lowest BCUT2D eigenvalue weighted by molar-refractivity contribution is -0.153. The maximum absolute atomic E-state index is 13.9. The zero-order valence-corrected chi connectivity index (χ0v) is 20.9. The van der Waals surface area contributed by atoms with Crippen molar-refractivity contribution in [2.75, 3.05) is 51.8 Å². The van der Waals surface area contributed by atoms with Gasteiger partial charge in [0.2, 0.25) is 11.8 Å². The molecule has 186 valence electrons. The second-order valence-electron chi connectivity index (χ2n) is 10.4. The van der Waals surface area contributed by atoms with Crippen LogP contribution in [0.15, 0.2) is 18.2 Å². The molecule has 0 radical (unpaired) electrons. The van der Waals surface area contributed by atoms with Gasteiger partial charge in [-0.1, -0.05) is 30.9 Å². The first-order valence-electron chi connectivity index (χ1n) is 12.7. The Morgan fingerprint density at radius 2 is 1.76 bits per heavy atom. The van der Waals surface area contributed by atoms with Gasteiger partial charge in [0, 0.05) is 37.8 Å². The van der Waals surface area contributed by atoms with E-state index in [9.17, 15) is 9.59 Å². The second-order valence-corrected chi connectivity index (χ2v) is 10.8. The van der Waals surface area contributed by atoms with E-state index < -0.39 is 0 Å². The Morgan fingerprint density at radius 1 is 1.06 bits per heavy atom. The molecule has 2 saturated heterocycles. The molecule has 1 spiro atoms. The van der Waals surface area contributed by atoms with Crippen LogP contribution in [0, 0.1) is 11.3 Å². The fourth-order valence-corrected chi connectivity index (χ4v) is 6.75. The van der Waals surface area contributed by atoms with Crippen LogP contribution in [0.5, 0.6) is 5.75 Å². The molecule has 1 aromatic rings. The fourth-order valence-electron chi connectivity index (χ4n) is 6.49. The maximum Gasteiger partial charge on any atom is 0.243 e. The molecule has 7 nitrogen and oxygen atoms in total. The summed E-state index contributed by atoms with van der Waals surface area (Å²) >= 11 is 6.20. The van der Waals surface area contributed by atoms with E-state index in [-0.39, 0.29) is 22.8 Å². The Hall–Kier alpha value is -1.83. The van der Waals surface area contributed by atoms with Crippen LogP contribution in [0.3, 0.4) is 0 Å². The number of methoxy groups -OCH3 is 1. The predicted molar refractivity (Wildman–Crippen MR) is 131 cm³/mol. The van der Waals surface area contributed by atoms with Crippen LogP contribution in [0.1, 0.15) is 51.4 Å². The number of carbonyl (C=O) groups is 2. The summed E-state index contributed by atoms with van der Waals surface area (Å²) < 4.78 is 10.8. The Balaban J connectivity index is 1.19. The van der Waals surface area contributed by atoms with Crippen LogP contribution in [-0.4, -0.2) is 73.7 Å².